The summed E-state index contributed by atoms with van der Waals surface area (Å²) in [6, 6.07) is 11.0. The van der Waals surface area contributed by atoms with E-state index >= 15 is 0 Å². The summed E-state index contributed by atoms with van der Waals surface area (Å²) in [7, 11) is 0. The van der Waals surface area contributed by atoms with Gasteiger partial charge in [-0.25, -0.2) is 0 Å². The van der Waals surface area contributed by atoms with Gasteiger partial charge in [0.05, 0.1) is 0 Å². The van der Waals surface area contributed by atoms with Crippen LogP contribution in [0.4, 0.5) is 0 Å². The third kappa shape index (κ3) is 7.64. The molecule has 1 aromatic heterocycles. The molecule has 0 aliphatic rings. The lowest BCUT2D eigenvalue weighted by molar-refractivity contribution is 0.0952. The number of rotatable bonds is 7. The first kappa shape index (κ1) is 22.2. The summed E-state index contributed by atoms with van der Waals surface area (Å²) in [5.74, 6) is 0.538. The van der Waals surface area contributed by atoms with Crippen molar-refractivity contribution in [1.82, 2.24) is 10.3 Å². The Morgan fingerprint density at radius 1 is 1.29 bits per heavy atom. The molecule has 24 heavy (non-hydrogen) atoms. The maximum atomic E-state index is 12.0. The van der Waals surface area contributed by atoms with Gasteiger partial charge in [-0.05, 0) is 37.6 Å². The first-order valence-corrected chi connectivity index (χ1v) is 7.30. The van der Waals surface area contributed by atoms with E-state index in [1.165, 1.54) is 0 Å². The number of hydrogen-bond donors (Lipinski definition) is 2. The Morgan fingerprint density at radius 2 is 2.08 bits per heavy atom. The van der Waals surface area contributed by atoms with Crippen molar-refractivity contribution in [2.24, 2.45) is 5.73 Å². The van der Waals surface area contributed by atoms with Crippen molar-refractivity contribution < 1.29 is 9.53 Å². The highest BCUT2D eigenvalue weighted by Crippen LogP contribution is 2.15. The van der Waals surface area contributed by atoms with Crippen molar-refractivity contribution in [1.29, 1.82) is 0 Å². The highest BCUT2D eigenvalue weighted by molar-refractivity contribution is 5.94. The number of nitrogens with zero attached hydrogens (tertiary/aromatic N) is 1. The molecule has 1 unspecified atom stereocenters. The van der Waals surface area contributed by atoms with E-state index < -0.39 is 0 Å². The minimum absolute atomic E-state index is 0. The molecule has 0 radical (unpaired) electrons. The van der Waals surface area contributed by atoms with Crippen molar-refractivity contribution in [2.75, 3.05) is 6.54 Å². The molecule has 0 spiro atoms. The van der Waals surface area contributed by atoms with Gasteiger partial charge in [-0.1, -0.05) is 12.1 Å². The third-order valence-electron chi connectivity index (χ3n) is 3.11. The predicted octanol–water partition coefficient (Wildman–Crippen LogP) is 2.97. The summed E-state index contributed by atoms with van der Waals surface area (Å²) >= 11 is 0. The lowest BCUT2D eigenvalue weighted by Gasteiger charge is -2.09. The fourth-order valence-corrected chi connectivity index (χ4v) is 1.89. The van der Waals surface area contributed by atoms with Crippen LogP contribution < -0.4 is 15.8 Å². The molecular weight excluding hydrogens is 349 g/mol. The van der Waals surface area contributed by atoms with Crippen LogP contribution in [0.2, 0.25) is 0 Å². The first-order chi connectivity index (χ1) is 10.6. The lowest BCUT2D eigenvalue weighted by atomic mass is 10.2. The number of ether oxygens (including phenoxy) is 1. The molecule has 0 aliphatic carbocycles. The average molecular weight is 372 g/mol. The summed E-state index contributed by atoms with van der Waals surface area (Å²) < 4.78 is 5.69. The Hall–Kier alpha value is -1.82. The molecule has 0 fully saturated rings. The fraction of sp³-hybridized carbons (Fsp3) is 0.294. The number of hydrogen-bond acceptors (Lipinski definition) is 4. The molecule has 0 saturated carbocycles. The van der Waals surface area contributed by atoms with Gasteiger partial charge < -0.3 is 15.8 Å². The zero-order valence-electron chi connectivity index (χ0n) is 13.5. The highest BCUT2D eigenvalue weighted by Gasteiger charge is 2.07. The van der Waals surface area contributed by atoms with E-state index in [9.17, 15) is 4.79 Å². The zero-order valence-corrected chi connectivity index (χ0v) is 15.1. The average Bonchev–Trinajstić information content (AvgIpc) is 2.54. The summed E-state index contributed by atoms with van der Waals surface area (Å²) in [6.45, 7) is 2.90. The Morgan fingerprint density at radius 3 is 2.75 bits per heavy atom. The summed E-state index contributed by atoms with van der Waals surface area (Å²) in [5.41, 5.74) is 7.22. The van der Waals surface area contributed by atoms with Crippen LogP contribution in [-0.2, 0) is 6.61 Å². The number of nitrogens with two attached hydrogens (primary N) is 1. The molecule has 2 aromatic rings. The predicted molar refractivity (Wildman–Crippen MR) is 100 cm³/mol. The minimum atomic E-state index is -0.118. The summed E-state index contributed by atoms with van der Waals surface area (Å²) in [5, 5.41) is 2.85. The molecule has 1 atom stereocenters. The maximum Gasteiger partial charge on any atom is 0.251 e. The number of halogens is 2. The standard InChI is InChI=1S/C17H21N3O2.2ClH/c1-13(18)7-9-20-17(21)15-5-2-6-16(10-15)22-12-14-4-3-8-19-11-14;;/h2-6,8,10-11,13H,7,9,12,18H2,1H3,(H,20,21);2*1H. The van der Waals surface area contributed by atoms with E-state index in [2.05, 4.69) is 10.3 Å². The zero-order chi connectivity index (χ0) is 15.8. The van der Waals surface area contributed by atoms with Crippen LogP contribution in [0.1, 0.15) is 29.3 Å². The normalized spacial score (nSPS) is 10.8. The molecular formula is C17H23Cl2N3O2. The van der Waals surface area contributed by atoms with Gasteiger partial charge in [0.1, 0.15) is 12.4 Å². The SMILES string of the molecule is CC(N)CCNC(=O)c1cccc(OCc2cccnc2)c1.Cl.Cl. The summed E-state index contributed by atoms with van der Waals surface area (Å²) in [4.78, 5) is 16.1. The van der Waals surface area contributed by atoms with Crippen LogP contribution >= 0.6 is 24.8 Å². The van der Waals surface area contributed by atoms with E-state index in [0.717, 1.165) is 12.0 Å². The van der Waals surface area contributed by atoms with Gasteiger partial charge in [-0.15, -0.1) is 24.8 Å². The number of nitrogens with one attached hydrogen (secondary N) is 1. The number of carbonyl (C=O) groups is 1. The molecule has 1 aromatic carbocycles. The quantitative estimate of drug-likeness (QED) is 0.784. The second kappa shape index (κ2) is 11.7. The van der Waals surface area contributed by atoms with Gasteiger partial charge in [0, 0.05) is 36.1 Å². The second-order valence-electron chi connectivity index (χ2n) is 5.20. The molecule has 132 valence electrons. The van der Waals surface area contributed by atoms with Crippen LogP contribution in [0.25, 0.3) is 0 Å². The molecule has 0 bridgehead atoms. The molecule has 2 rings (SSSR count). The number of aromatic nitrogens is 1. The highest BCUT2D eigenvalue weighted by atomic mass is 35.5. The van der Waals surface area contributed by atoms with Gasteiger partial charge in [-0.3, -0.25) is 9.78 Å². The topological polar surface area (TPSA) is 77.2 Å². The van der Waals surface area contributed by atoms with Crippen molar-refractivity contribution >= 4 is 30.7 Å². The molecule has 3 N–H and O–H groups in total. The number of carbonyl (C=O) groups excluding carboxylic acids is 1. The molecule has 7 heteroatoms. The lowest BCUT2D eigenvalue weighted by Crippen LogP contribution is -2.28. The minimum Gasteiger partial charge on any atom is -0.489 e. The van der Waals surface area contributed by atoms with Crippen molar-refractivity contribution in [3.63, 3.8) is 0 Å². The van der Waals surface area contributed by atoms with E-state index in [0.29, 0.717) is 24.5 Å². The Kier molecular flexibility index (Phi) is 10.8. The molecule has 5 nitrogen and oxygen atoms in total. The van der Waals surface area contributed by atoms with E-state index in [1.54, 1.807) is 30.6 Å². The van der Waals surface area contributed by atoms with E-state index in [-0.39, 0.29) is 36.8 Å². The van der Waals surface area contributed by atoms with E-state index in [4.69, 9.17) is 10.5 Å². The van der Waals surface area contributed by atoms with Gasteiger partial charge in [0.25, 0.3) is 5.91 Å². The van der Waals surface area contributed by atoms with Crippen molar-refractivity contribution in [3.8, 4) is 5.75 Å². The van der Waals surface area contributed by atoms with E-state index in [1.807, 2.05) is 25.1 Å². The van der Waals surface area contributed by atoms with Gasteiger partial charge in [0.15, 0.2) is 0 Å². The Labute approximate surface area is 154 Å². The van der Waals surface area contributed by atoms with Crippen LogP contribution in [-0.4, -0.2) is 23.5 Å². The van der Waals surface area contributed by atoms with Crippen LogP contribution in [0.3, 0.4) is 0 Å². The van der Waals surface area contributed by atoms with Crippen molar-refractivity contribution in [2.45, 2.75) is 26.0 Å². The van der Waals surface area contributed by atoms with Gasteiger partial charge in [0.2, 0.25) is 0 Å². The smallest absolute Gasteiger partial charge is 0.251 e. The Bertz CT molecular complexity index is 610. The van der Waals surface area contributed by atoms with Crippen LogP contribution in [0, 0.1) is 0 Å². The van der Waals surface area contributed by atoms with Crippen LogP contribution in [0.15, 0.2) is 48.8 Å². The van der Waals surface area contributed by atoms with Crippen molar-refractivity contribution in [3.05, 3.63) is 59.9 Å². The van der Waals surface area contributed by atoms with Crippen LogP contribution in [0.5, 0.6) is 5.75 Å². The van der Waals surface area contributed by atoms with Gasteiger partial charge >= 0.3 is 0 Å². The number of pyridine rings is 1. The maximum absolute atomic E-state index is 12.0. The number of benzene rings is 1. The summed E-state index contributed by atoms with van der Waals surface area (Å²) in [6.07, 6.45) is 4.23. The first-order valence-electron chi connectivity index (χ1n) is 7.30. The third-order valence-corrected chi connectivity index (χ3v) is 3.11. The Balaban J connectivity index is 0.00000264. The monoisotopic (exact) mass is 371 g/mol. The molecule has 1 heterocycles. The fourth-order valence-electron chi connectivity index (χ4n) is 1.89. The molecule has 1 amide bonds. The number of amides is 1. The second-order valence-corrected chi connectivity index (χ2v) is 5.20. The largest absolute Gasteiger partial charge is 0.489 e. The molecule has 0 aliphatic heterocycles. The molecule has 0 saturated heterocycles. The van der Waals surface area contributed by atoms with Gasteiger partial charge in [-0.2, -0.15) is 0 Å².